The summed E-state index contributed by atoms with van der Waals surface area (Å²) in [6.07, 6.45) is 1.91. The van der Waals surface area contributed by atoms with Crippen LogP contribution in [0.25, 0.3) is 0 Å². The van der Waals surface area contributed by atoms with E-state index < -0.39 is 12.0 Å². The van der Waals surface area contributed by atoms with Gasteiger partial charge in [0.15, 0.2) is 0 Å². The molecule has 2 heterocycles. The maximum atomic E-state index is 12.8. The van der Waals surface area contributed by atoms with Gasteiger partial charge in [-0.15, -0.1) is 0 Å². The van der Waals surface area contributed by atoms with E-state index in [0.717, 1.165) is 25.9 Å². The molecule has 174 valence electrons. The number of carbonyl (C=O) groups excluding carboxylic acids is 4. The number of carbonyl (C=O) groups is 4. The molecule has 0 radical (unpaired) electrons. The zero-order valence-corrected chi connectivity index (χ0v) is 18.8. The third kappa shape index (κ3) is 6.21. The van der Waals surface area contributed by atoms with E-state index in [1.54, 1.807) is 24.3 Å². The van der Waals surface area contributed by atoms with Crippen molar-refractivity contribution in [3.63, 3.8) is 0 Å². The molecule has 2 aliphatic heterocycles. The van der Waals surface area contributed by atoms with Crippen molar-refractivity contribution in [2.75, 3.05) is 44.6 Å². The Morgan fingerprint density at radius 1 is 1.12 bits per heavy atom. The summed E-state index contributed by atoms with van der Waals surface area (Å²) in [5, 5.41) is 5.75. The predicted octanol–water partition coefficient (Wildman–Crippen LogP) is 1.25. The predicted molar refractivity (Wildman–Crippen MR) is 119 cm³/mol. The van der Waals surface area contributed by atoms with Crippen molar-refractivity contribution in [3.8, 4) is 0 Å². The molecule has 2 saturated heterocycles. The fraction of sp³-hybridized carbons (Fsp3) is 0.565. The molecule has 0 saturated carbocycles. The van der Waals surface area contributed by atoms with Crippen LogP contribution in [-0.4, -0.2) is 78.9 Å². The molecule has 9 nitrogen and oxygen atoms in total. The maximum Gasteiger partial charge on any atom is 0.308 e. The number of nitrogens with zero attached hydrogens (tertiary/aromatic N) is 2. The number of hydrogen-bond acceptors (Lipinski definition) is 6. The van der Waals surface area contributed by atoms with Crippen molar-refractivity contribution in [3.05, 3.63) is 29.8 Å². The number of ether oxygens (including phenoxy) is 1. The van der Waals surface area contributed by atoms with Gasteiger partial charge in [0, 0.05) is 37.4 Å². The Hall–Kier alpha value is -3.10. The van der Waals surface area contributed by atoms with Gasteiger partial charge in [-0.1, -0.05) is 13.8 Å². The normalized spacial score (nSPS) is 18.5. The second kappa shape index (κ2) is 11.0. The molecule has 1 aromatic carbocycles. The minimum atomic E-state index is -0.877. The SMILES string of the molecule is CC(C)COC(=O)CC1C(=O)NCCN1C(=O)CNc1ccc(C(=O)N2CCCC2)cc1. The number of amides is 3. The van der Waals surface area contributed by atoms with Gasteiger partial charge in [-0.05, 0) is 43.0 Å². The first kappa shape index (κ1) is 23.6. The highest BCUT2D eigenvalue weighted by atomic mass is 16.5. The molecule has 1 unspecified atom stereocenters. The van der Waals surface area contributed by atoms with E-state index in [1.165, 1.54) is 4.90 Å². The molecule has 0 spiro atoms. The van der Waals surface area contributed by atoms with Gasteiger partial charge in [-0.3, -0.25) is 19.2 Å². The van der Waals surface area contributed by atoms with Gasteiger partial charge in [0.05, 0.1) is 19.6 Å². The Morgan fingerprint density at radius 2 is 1.81 bits per heavy atom. The molecular weight excluding hydrogens is 412 g/mol. The fourth-order valence-corrected chi connectivity index (χ4v) is 3.81. The molecule has 0 aliphatic carbocycles. The third-order valence-electron chi connectivity index (χ3n) is 5.56. The van der Waals surface area contributed by atoms with Crippen molar-refractivity contribution in [2.45, 2.75) is 39.2 Å². The zero-order valence-electron chi connectivity index (χ0n) is 18.8. The van der Waals surface area contributed by atoms with E-state index in [4.69, 9.17) is 4.74 Å². The summed E-state index contributed by atoms with van der Waals surface area (Å²) < 4.78 is 5.18. The lowest BCUT2D eigenvalue weighted by atomic mass is 10.1. The molecule has 1 aromatic rings. The van der Waals surface area contributed by atoms with Gasteiger partial charge >= 0.3 is 5.97 Å². The van der Waals surface area contributed by atoms with Crippen LogP contribution in [0.4, 0.5) is 5.69 Å². The number of piperazine rings is 1. The first-order valence-electron chi connectivity index (χ1n) is 11.2. The largest absolute Gasteiger partial charge is 0.465 e. The summed E-state index contributed by atoms with van der Waals surface area (Å²) in [6, 6.07) is 6.14. The van der Waals surface area contributed by atoms with Gasteiger partial charge in [0.2, 0.25) is 11.8 Å². The van der Waals surface area contributed by atoms with Crippen LogP contribution in [0.1, 0.15) is 43.5 Å². The highest BCUT2D eigenvalue weighted by Crippen LogP contribution is 2.16. The Morgan fingerprint density at radius 3 is 2.47 bits per heavy atom. The van der Waals surface area contributed by atoms with Gasteiger partial charge in [-0.25, -0.2) is 0 Å². The van der Waals surface area contributed by atoms with Gasteiger partial charge in [0.25, 0.3) is 5.91 Å². The van der Waals surface area contributed by atoms with Gasteiger partial charge in [-0.2, -0.15) is 0 Å². The molecule has 0 bridgehead atoms. The molecule has 3 amide bonds. The summed E-state index contributed by atoms with van der Waals surface area (Å²) in [4.78, 5) is 52.9. The first-order valence-corrected chi connectivity index (χ1v) is 11.2. The molecule has 2 aliphatic rings. The smallest absolute Gasteiger partial charge is 0.308 e. The van der Waals surface area contributed by atoms with Crippen LogP contribution in [0.5, 0.6) is 0 Å². The number of hydrogen-bond donors (Lipinski definition) is 2. The van der Waals surface area contributed by atoms with Crippen LogP contribution in [-0.2, 0) is 19.1 Å². The summed E-state index contributed by atoms with van der Waals surface area (Å²) in [5.74, 6) is -0.908. The minimum Gasteiger partial charge on any atom is -0.465 e. The second-order valence-electron chi connectivity index (χ2n) is 8.61. The van der Waals surface area contributed by atoms with Crippen molar-refractivity contribution >= 4 is 29.4 Å². The minimum absolute atomic E-state index is 0.0236. The average molecular weight is 445 g/mol. The zero-order chi connectivity index (χ0) is 23.1. The molecule has 0 aromatic heterocycles. The maximum absolute atomic E-state index is 12.8. The molecule has 2 N–H and O–H groups in total. The van der Waals surface area contributed by atoms with Crippen LogP contribution >= 0.6 is 0 Å². The van der Waals surface area contributed by atoms with Gasteiger partial charge < -0.3 is 25.2 Å². The summed E-state index contributed by atoms with van der Waals surface area (Å²) >= 11 is 0. The van der Waals surface area contributed by atoms with E-state index in [0.29, 0.717) is 24.3 Å². The lowest BCUT2D eigenvalue weighted by molar-refractivity contribution is -0.152. The number of anilines is 1. The van der Waals surface area contributed by atoms with E-state index in [-0.39, 0.29) is 43.2 Å². The van der Waals surface area contributed by atoms with Crippen LogP contribution in [0.2, 0.25) is 0 Å². The van der Waals surface area contributed by atoms with Crippen molar-refractivity contribution in [2.24, 2.45) is 5.92 Å². The van der Waals surface area contributed by atoms with Crippen molar-refractivity contribution in [1.82, 2.24) is 15.1 Å². The Bertz CT molecular complexity index is 833. The molecule has 3 rings (SSSR count). The Labute approximate surface area is 188 Å². The Kier molecular flexibility index (Phi) is 8.08. The molecule has 1 atom stereocenters. The Balaban J connectivity index is 1.54. The summed E-state index contributed by atoms with van der Waals surface area (Å²) in [5.41, 5.74) is 1.32. The van der Waals surface area contributed by atoms with Crippen LogP contribution in [0.15, 0.2) is 24.3 Å². The van der Waals surface area contributed by atoms with Crippen molar-refractivity contribution in [1.29, 1.82) is 0 Å². The summed E-state index contributed by atoms with van der Waals surface area (Å²) in [6.45, 7) is 6.37. The summed E-state index contributed by atoms with van der Waals surface area (Å²) in [7, 11) is 0. The fourth-order valence-electron chi connectivity index (χ4n) is 3.81. The average Bonchev–Trinajstić information content (AvgIpc) is 3.32. The number of rotatable bonds is 8. The van der Waals surface area contributed by atoms with Crippen LogP contribution in [0.3, 0.4) is 0 Å². The number of benzene rings is 1. The lowest BCUT2D eigenvalue weighted by Gasteiger charge is -2.34. The second-order valence-corrected chi connectivity index (χ2v) is 8.61. The quantitative estimate of drug-likeness (QED) is 0.585. The van der Waals surface area contributed by atoms with Crippen molar-refractivity contribution < 1.29 is 23.9 Å². The monoisotopic (exact) mass is 444 g/mol. The number of nitrogens with one attached hydrogen (secondary N) is 2. The third-order valence-corrected chi connectivity index (χ3v) is 5.56. The number of esters is 1. The number of likely N-dealkylation sites (tertiary alicyclic amines) is 1. The topological polar surface area (TPSA) is 108 Å². The van der Waals surface area contributed by atoms with E-state index >= 15 is 0 Å². The van der Waals surface area contributed by atoms with Crippen LogP contribution < -0.4 is 10.6 Å². The first-order chi connectivity index (χ1) is 15.3. The highest BCUT2D eigenvalue weighted by Gasteiger charge is 2.35. The van der Waals surface area contributed by atoms with E-state index in [1.807, 2.05) is 18.7 Å². The standard InChI is InChI=1S/C23H32N4O5/c1-16(2)15-32-21(29)13-19-22(30)24-9-12-27(19)20(28)14-25-18-7-5-17(6-8-18)23(31)26-10-3-4-11-26/h5-8,16,19,25H,3-4,9-15H2,1-2H3,(H,24,30). The lowest BCUT2D eigenvalue weighted by Crippen LogP contribution is -2.58. The highest BCUT2D eigenvalue weighted by molar-refractivity contribution is 5.95. The molecule has 32 heavy (non-hydrogen) atoms. The molecule has 9 heteroatoms. The van der Waals surface area contributed by atoms with E-state index in [2.05, 4.69) is 10.6 Å². The van der Waals surface area contributed by atoms with Gasteiger partial charge in [0.1, 0.15) is 6.04 Å². The molecule has 2 fully saturated rings. The van der Waals surface area contributed by atoms with Crippen LogP contribution in [0, 0.1) is 5.92 Å². The molecular formula is C23H32N4O5. The van der Waals surface area contributed by atoms with E-state index in [9.17, 15) is 19.2 Å².